The van der Waals surface area contributed by atoms with Gasteiger partial charge in [-0.3, -0.25) is 0 Å². The molecule has 0 aromatic carbocycles. The van der Waals surface area contributed by atoms with Gasteiger partial charge in [0, 0.05) is 19.6 Å². The maximum Gasteiger partial charge on any atom is 0.162 e. The molecule has 1 aromatic heterocycles. The number of halogens is 1. The minimum atomic E-state index is -0.267. The fourth-order valence-corrected chi connectivity index (χ4v) is 4.09. The predicted octanol–water partition coefficient (Wildman–Crippen LogP) is 4.20. The summed E-state index contributed by atoms with van der Waals surface area (Å²) in [6, 6.07) is 0. The third-order valence-electron chi connectivity index (χ3n) is 4.64. The van der Waals surface area contributed by atoms with E-state index in [9.17, 15) is 0 Å². The van der Waals surface area contributed by atoms with Gasteiger partial charge in [0.25, 0.3) is 0 Å². The van der Waals surface area contributed by atoms with Gasteiger partial charge in [-0.25, -0.2) is 9.97 Å². The van der Waals surface area contributed by atoms with Crippen LogP contribution in [0.1, 0.15) is 69.3 Å². The molecule has 0 radical (unpaired) electrons. The average molecular weight is 401 g/mol. The Morgan fingerprint density at radius 3 is 2.52 bits per heavy atom. The van der Waals surface area contributed by atoms with E-state index in [0.717, 1.165) is 31.0 Å². The normalized spacial score (nSPS) is 21.3. The Hall–Kier alpha value is -0.430. The van der Waals surface area contributed by atoms with Crippen molar-refractivity contribution in [1.82, 2.24) is 9.97 Å². The molecule has 1 N–H and O–H groups in total. The molecule has 3 rings (SSSR count). The maximum absolute atomic E-state index is 5.94. The fourth-order valence-electron chi connectivity index (χ4n) is 3.22. The molecule has 0 unspecified atom stereocenters. The monoisotopic (exact) mass is 401 g/mol. The van der Waals surface area contributed by atoms with Gasteiger partial charge in [0.05, 0.1) is 9.26 Å². The minimum absolute atomic E-state index is 0.267. The minimum Gasteiger partial charge on any atom is -0.370 e. The number of nitrogens with zero attached hydrogens (tertiary/aromatic N) is 2. The number of hydrogen-bond acceptors (Lipinski definition) is 4. The first-order valence-corrected chi connectivity index (χ1v) is 9.15. The second-order valence-corrected chi connectivity index (χ2v) is 7.24. The third kappa shape index (κ3) is 3.04. The van der Waals surface area contributed by atoms with Crippen LogP contribution in [0.15, 0.2) is 0 Å². The van der Waals surface area contributed by atoms with E-state index in [1.807, 2.05) is 7.11 Å². The summed E-state index contributed by atoms with van der Waals surface area (Å²) >= 11 is 2.40. The van der Waals surface area contributed by atoms with Crippen LogP contribution in [0.2, 0.25) is 0 Å². The molecule has 1 aromatic rings. The first kappa shape index (κ1) is 15.5. The summed E-state index contributed by atoms with van der Waals surface area (Å²) in [6.45, 7) is 3.00. The summed E-state index contributed by atoms with van der Waals surface area (Å²) in [7, 11) is 1.82. The molecule has 21 heavy (non-hydrogen) atoms. The Bertz CT molecular complexity index is 510. The third-order valence-corrected chi connectivity index (χ3v) is 5.71. The van der Waals surface area contributed by atoms with Gasteiger partial charge in [0.1, 0.15) is 11.4 Å². The maximum atomic E-state index is 5.94. The highest BCUT2D eigenvalue weighted by atomic mass is 127. The van der Waals surface area contributed by atoms with E-state index in [-0.39, 0.29) is 5.60 Å². The lowest BCUT2D eigenvalue weighted by Crippen LogP contribution is -2.34. The van der Waals surface area contributed by atoms with Crippen molar-refractivity contribution < 1.29 is 4.74 Å². The molecule has 0 amide bonds. The molecule has 2 aliphatic carbocycles. The van der Waals surface area contributed by atoms with Gasteiger partial charge in [-0.15, -0.1) is 0 Å². The average Bonchev–Trinajstić information content (AvgIpc) is 3.35. The van der Waals surface area contributed by atoms with E-state index in [2.05, 4.69) is 34.8 Å². The van der Waals surface area contributed by atoms with Crippen LogP contribution in [0.4, 0.5) is 5.82 Å². The van der Waals surface area contributed by atoms with Crippen molar-refractivity contribution in [3.05, 3.63) is 15.1 Å². The van der Waals surface area contributed by atoms with Crippen molar-refractivity contribution in [2.24, 2.45) is 0 Å². The summed E-state index contributed by atoms with van der Waals surface area (Å²) in [5.74, 6) is 2.53. The summed E-state index contributed by atoms with van der Waals surface area (Å²) in [5, 5.41) is 3.41. The number of methoxy groups -OCH3 is 1. The quantitative estimate of drug-likeness (QED) is 0.752. The predicted molar refractivity (Wildman–Crippen MR) is 92.7 cm³/mol. The summed E-state index contributed by atoms with van der Waals surface area (Å²) < 4.78 is 7.13. The summed E-state index contributed by atoms with van der Waals surface area (Å²) in [6.07, 6.45) is 8.32. The van der Waals surface area contributed by atoms with Crippen molar-refractivity contribution >= 4 is 28.4 Å². The van der Waals surface area contributed by atoms with Crippen LogP contribution in [0.5, 0.6) is 0 Å². The second kappa shape index (κ2) is 6.36. The lowest BCUT2D eigenvalue weighted by atomic mass is 9.84. The van der Waals surface area contributed by atoms with Crippen molar-refractivity contribution in [3.8, 4) is 0 Å². The molecule has 2 aliphatic rings. The highest BCUT2D eigenvalue weighted by Gasteiger charge is 2.39. The fraction of sp³-hybridized carbons (Fsp3) is 0.750. The topological polar surface area (TPSA) is 47.0 Å². The molecular formula is C16H24IN3O. The molecule has 4 nitrogen and oxygen atoms in total. The van der Waals surface area contributed by atoms with Gasteiger partial charge >= 0.3 is 0 Å². The van der Waals surface area contributed by atoms with E-state index in [1.165, 1.54) is 41.4 Å². The smallest absolute Gasteiger partial charge is 0.162 e. The molecule has 1 heterocycles. The van der Waals surface area contributed by atoms with Crippen LogP contribution in [-0.2, 0) is 10.3 Å². The molecule has 0 aliphatic heterocycles. The van der Waals surface area contributed by atoms with Crippen LogP contribution in [0.25, 0.3) is 0 Å². The van der Waals surface area contributed by atoms with Crippen LogP contribution < -0.4 is 5.32 Å². The van der Waals surface area contributed by atoms with Crippen molar-refractivity contribution in [1.29, 1.82) is 0 Å². The second-order valence-electron chi connectivity index (χ2n) is 6.16. The molecule has 0 spiro atoms. The van der Waals surface area contributed by atoms with Gasteiger partial charge < -0.3 is 10.1 Å². The molecule has 2 saturated carbocycles. The summed E-state index contributed by atoms with van der Waals surface area (Å²) in [5.41, 5.74) is 0.967. The Morgan fingerprint density at radius 1 is 1.24 bits per heavy atom. The number of nitrogens with one attached hydrogen (secondary N) is 1. The van der Waals surface area contributed by atoms with Crippen LogP contribution in [-0.4, -0.2) is 23.6 Å². The van der Waals surface area contributed by atoms with Crippen molar-refractivity contribution in [3.63, 3.8) is 0 Å². The van der Waals surface area contributed by atoms with E-state index in [1.54, 1.807) is 0 Å². The van der Waals surface area contributed by atoms with Crippen molar-refractivity contribution in [2.75, 3.05) is 19.0 Å². The largest absolute Gasteiger partial charge is 0.370 e. The molecule has 0 saturated heterocycles. The molecule has 116 valence electrons. The molecule has 2 fully saturated rings. The zero-order valence-corrected chi connectivity index (χ0v) is 15.1. The lowest BCUT2D eigenvalue weighted by Gasteiger charge is -2.35. The van der Waals surface area contributed by atoms with Crippen molar-refractivity contribution in [2.45, 2.75) is 63.4 Å². The molecule has 0 atom stereocenters. The number of aromatic nitrogens is 2. The number of ether oxygens (including phenoxy) is 1. The number of hydrogen-bond donors (Lipinski definition) is 1. The van der Waals surface area contributed by atoms with E-state index < -0.39 is 0 Å². The molecule has 5 heteroatoms. The van der Waals surface area contributed by atoms with Crippen LogP contribution in [0, 0.1) is 3.57 Å². The standard InChI is InChI=1S/C16H24IN3O/c1-3-18-14-12(17)13(11-7-8-11)19-15(20-14)16(21-2)9-5-4-6-10-16/h11H,3-10H2,1-2H3,(H,18,19,20). The van der Waals surface area contributed by atoms with Gasteiger partial charge in [-0.2, -0.15) is 0 Å². The Labute approximate surface area is 140 Å². The van der Waals surface area contributed by atoms with E-state index >= 15 is 0 Å². The Morgan fingerprint density at radius 2 is 1.95 bits per heavy atom. The SMILES string of the molecule is CCNc1nc(C2(OC)CCCCC2)nc(C2CC2)c1I. The number of rotatable bonds is 5. The van der Waals surface area contributed by atoms with E-state index in [4.69, 9.17) is 14.7 Å². The van der Waals surface area contributed by atoms with Gasteiger partial charge in [-0.1, -0.05) is 19.3 Å². The highest BCUT2D eigenvalue weighted by Crippen LogP contribution is 2.45. The first-order valence-electron chi connectivity index (χ1n) is 8.07. The Balaban J connectivity index is 2.03. The first-order chi connectivity index (χ1) is 10.2. The van der Waals surface area contributed by atoms with Crippen LogP contribution in [0.3, 0.4) is 0 Å². The molecule has 0 bridgehead atoms. The summed E-state index contributed by atoms with van der Waals surface area (Å²) in [4.78, 5) is 9.81. The zero-order valence-electron chi connectivity index (χ0n) is 12.9. The van der Waals surface area contributed by atoms with Gasteiger partial charge in [0.2, 0.25) is 0 Å². The highest BCUT2D eigenvalue weighted by molar-refractivity contribution is 14.1. The van der Waals surface area contributed by atoms with Gasteiger partial charge in [-0.05, 0) is 55.2 Å². The van der Waals surface area contributed by atoms with E-state index in [0.29, 0.717) is 5.92 Å². The molecular weight excluding hydrogens is 377 g/mol. The lowest BCUT2D eigenvalue weighted by molar-refractivity contribution is -0.0515. The van der Waals surface area contributed by atoms with Gasteiger partial charge in [0.15, 0.2) is 5.82 Å². The zero-order chi connectivity index (χ0) is 14.9. The van der Waals surface area contributed by atoms with Crippen LogP contribution >= 0.6 is 22.6 Å². The Kier molecular flexibility index (Phi) is 4.69. The number of anilines is 1.